The van der Waals surface area contributed by atoms with Crippen LogP contribution in [0.2, 0.25) is 0 Å². The molecular formula is C14H16N2O. The van der Waals surface area contributed by atoms with Gasteiger partial charge in [0, 0.05) is 23.8 Å². The van der Waals surface area contributed by atoms with E-state index in [0.717, 1.165) is 35.9 Å². The lowest BCUT2D eigenvalue weighted by Gasteiger charge is -2.37. The van der Waals surface area contributed by atoms with Crippen LogP contribution in [0.1, 0.15) is 19.3 Å². The van der Waals surface area contributed by atoms with Crippen molar-refractivity contribution >= 4 is 16.6 Å². The first kappa shape index (κ1) is 10.5. The summed E-state index contributed by atoms with van der Waals surface area (Å²) >= 11 is 0. The van der Waals surface area contributed by atoms with Gasteiger partial charge in [-0.2, -0.15) is 0 Å². The Morgan fingerprint density at radius 3 is 2.88 bits per heavy atom. The van der Waals surface area contributed by atoms with Crippen LogP contribution in [0.15, 0.2) is 36.5 Å². The number of benzene rings is 1. The van der Waals surface area contributed by atoms with Gasteiger partial charge in [0.1, 0.15) is 0 Å². The smallest absolute Gasteiger partial charge is 0.0819 e. The fourth-order valence-corrected chi connectivity index (χ4v) is 2.28. The summed E-state index contributed by atoms with van der Waals surface area (Å²) in [6, 6.07) is 10.0. The number of rotatable bonds is 3. The van der Waals surface area contributed by atoms with E-state index in [9.17, 15) is 5.11 Å². The maximum absolute atomic E-state index is 10.1. The Labute approximate surface area is 100 Å². The molecule has 3 rings (SSSR count). The molecule has 2 N–H and O–H groups in total. The molecule has 1 aliphatic carbocycles. The Balaban J connectivity index is 1.85. The van der Waals surface area contributed by atoms with E-state index in [1.54, 1.807) is 6.20 Å². The summed E-state index contributed by atoms with van der Waals surface area (Å²) < 4.78 is 0. The van der Waals surface area contributed by atoms with Crippen LogP contribution in [-0.4, -0.2) is 22.2 Å². The van der Waals surface area contributed by atoms with Gasteiger partial charge in [0.05, 0.1) is 11.1 Å². The lowest BCUT2D eigenvalue weighted by Crippen LogP contribution is -2.43. The Hall–Kier alpha value is -1.61. The number of hydrogen-bond acceptors (Lipinski definition) is 3. The van der Waals surface area contributed by atoms with Gasteiger partial charge in [0.15, 0.2) is 0 Å². The van der Waals surface area contributed by atoms with Crippen molar-refractivity contribution in [2.45, 2.75) is 24.9 Å². The van der Waals surface area contributed by atoms with Crippen molar-refractivity contribution in [2.75, 3.05) is 11.9 Å². The third kappa shape index (κ3) is 1.98. The van der Waals surface area contributed by atoms with Crippen molar-refractivity contribution in [3.05, 3.63) is 36.5 Å². The highest BCUT2D eigenvalue weighted by atomic mass is 16.3. The zero-order valence-corrected chi connectivity index (χ0v) is 9.69. The molecule has 1 saturated carbocycles. The van der Waals surface area contributed by atoms with E-state index in [1.165, 1.54) is 0 Å². The Kier molecular flexibility index (Phi) is 2.48. The van der Waals surface area contributed by atoms with Gasteiger partial charge in [-0.3, -0.25) is 4.98 Å². The van der Waals surface area contributed by atoms with Gasteiger partial charge in [-0.1, -0.05) is 6.07 Å². The monoisotopic (exact) mass is 228 g/mol. The molecule has 1 heterocycles. The SMILES string of the molecule is OC1(CNc2cccc3ncccc23)CCC1. The summed E-state index contributed by atoms with van der Waals surface area (Å²) in [5, 5.41) is 14.5. The summed E-state index contributed by atoms with van der Waals surface area (Å²) in [6.45, 7) is 0.626. The lowest BCUT2D eigenvalue weighted by molar-refractivity contribution is -0.0201. The van der Waals surface area contributed by atoms with E-state index in [1.807, 2.05) is 24.3 Å². The van der Waals surface area contributed by atoms with Crippen molar-refractivity contribution in [2.24, 2.45) is 0 Å². The second kappa shape index (κ2) is 4.00. The van der Waals surface area contributed by atoms with Gasteiger partial charge in [-0.25, -0.2) is 0 Å². The van der Waals surface area contributed by atoms with Crippen molar-refractivity contribution < 1.29 is 5.11 Å². The molecule has 3 heteroatoms. The standard InChI is InChI=1S/C14H16N2O/c17-14(7-3-8-14)10-16-13-6-1-5-12-11(13)4-2-9-15-12/h1-2,4-6,9,16-17H,3,7-8,10H2. The van der Waals surface area contributed by atoms with Crippen LogP contribution in [0.25, 0.3) is 10.9 Å². The molecule has 88 valence electrons. The highest BCUT2D eigenvalue weighted by Gasteiger charge is 2.33. The van der Waals surface area contributed by atoms with Crippen LogP contribution in [0.4, 0.5) is 5.69 Å². The molecule has 1 fully saturated rings. The molecule has 1 aliphatic rings. The summed E-state index contributed by atoms with van der Waals surface area (Å²) in [5.41, 5.74) is 1.54. The Morgan fingerprint density at radius 1 is 1.24 bits per heavy atom. The zero-order chi connectivity index (χ0) is 11.7. The van der Waals surface area contributed by atoms with Crippen molar-refractivity contribution in [3.8, 4) is 0 Å². The number of aromatic nitrogens is 1. The maximum atomic E-state index is 10.1. The minimum Gasteiger partial charge on any atom is -0.388 e. The highest BCUT2D eigenvalue weighted by molar-refractivity contribution is 5.91. The first-order valence-corrected chi connectivity index (χ1v) is 6.07. The van der Waals surface area contributed by atoms with E-state index in [-0.39, 0.29) is 0 Å². The van der Waals surface area contributed by atoms with Crippen LogP contribution >= 0.6 is 0 Å². The van der Waals surface area contributed by atoms with E-state index in [2.05, 4.69) is 16.4 Å². The highest BCUT2D eigenvalue weighted by Crippen LogP contribution is 2.32. The van der Waals surface area contributed by atoms with Crippen LogP contribution < -0.4 is 5.32 Å². The van der Waals surface area contributed by atoms with Crippen molar-refractivity contribution in [1.29, 1.82) is 0 Å². The van der Waals surface area contributed by atoms with E-state index in [4.69, 9.17) is 0 Å². The summed E-state index contributed by atoms with van der Waals surface area (Å²) in [5.74, 6) is 0. The molecule has 0 saturated heterocycles. The minimum atomic E-state index is -0.496. The van der Waals surface area contributed by atoms with Gasteiger partial charge in [0.2, 0.25) is 0 Å². The Bertz CT molecular complexity index is 529. The average molecular weight is 228 g/mol. The summed E-state index contributed by atoms with van der Waals surface area (Å²) in [4.78, 5) is 4.32. The van der Waals surface area contributed by atoms with Gasteiger partial charge in [0.25, 0.3) is 0 Å². The van der Waals surface area contributed by atoms with Crippen LogP contribution in [-0.2, 0) is 0 Å². The third-order valence-corrected chi connectivity index (χ3v) is 3.54. The lowest BCUT2D eigenvalue weighted by atomic mass is 9.80. The van der Waals surface area contributed by atoms with Gasteiger partial charge in [-0.05, 0) is 43.5 Å². The molecule has 0 unspecified atom stereocenters. The normalized spacial score (nSPS) is 17.7. The number of nitrogens with one attached hydrogen (secondary N) is 1. The number of aliphatic hydroxyl groups is 1. The van der Waals surface area contributed by atoms with E-state index in [0.29, 0.717) is 6.54 Å². The molecule has 0 amide bonds. The minimum absolute atomic E-state index is 0.496. The maximum Gasteiger partial charge on any atom is 0.0819 e. The second-order valence-electron chi connectivity index (χ2n) is 4.81. The number of pyridine rings is 1. The van der Waals surface area contributed by atoms with Crippen molar-refractivity contribution in [1.82, 2.24) is 4.98 Å². The average Bonchev–Trinajstić information content (AvgIpc) is 2.34. The van der Waals surface area contributed by atoms with Crippen molar-refractivity contribution in [3.63, 3.8) is 0 Å². The van der Waals surface area contributed by atoms with Crippen LogP contribution in [0.3, 0.4) is 0 Å². The molecule has 1 aromatic carbocycles. The number of hydrogen-bond donors (Lipinski definition) is 2. The molecule has 2 aromatic rings. The molecule has 0 bridgehead atoms. The number of fused-ring (bicyclic) bond motifs is 1. The fraction of sp³-hybridized carbons (Fsp3) is 0.357. The third-order valence-electron chi connectivity index (χ3n) is 3.54. The topological polar surface area (TPSA) is 45.1 Å². The molecule has 0 atom stereocenters. The first-order chi connectivity index (χ1) is 8.27. The summed E-state index contributed by atoms with van der Waals surface area (Å²) in [6.07, 6.45) is 4.74. The van der Waals surface area contributed by atoms with E-state index < -0.39 is 5.60 Å². The van der Waals surface area contributed by atoms with E-state index >= 15 is 0 Å². The molecule has 17 heavy (non-hydrogen) atoms. The molecule has 1 aromatic heterocycles. The number of nitrogens with zero attached hydrogens (tertiary/aromatic N) is 1. The second-order valence-corrected chi connectivity index (χ2v) is 4.81. The predicted molar refractivity (Wildman–Crippen MR) is 69.0 cm³/mol. The summed E-state index contributed by atoms with van der Waals surface area (Å²) in [7, 11) is 0. The Morgan fingerprint density at radius 2 is 2.12 bits per heavy atom. The van der Waals surface area contributed by atoms with Crippen LogP contribution in [0, 0.1) is 0 Å². The fourth-order valence-electron chi connectivity index (χ4n) is 2.28. The molecule has 3 nitrogen and oxygen atoms in total. The molecule has 0 spiro atoms. The molecular weight excluding hydrogens is 212 g/mol. The molecule has 0 aliphatic heterocycles. The van der Waals surface area contributed by atoms with Gasteiger partial charge < -0.3 is 10.4 Å². The molecule has 0 radical (unpaired) electrons. The van der Waals surface area contributed by atoms with Crippen LogP contribution in [0.5, 0.6) is 0 Å². The predicted octanol–water partition coefficient (Wildman–Crippen LogP) is 2.56. The number of anilines is 1. The largest absolute Gasteiger partial charge is 0.388 e. The quantitative estimate of drug-likeness (QED) is 0.848. The zero-order valence-electron chi connectivity index (χ0n) is 9.69. The van der Waals surface area contributed by atoms with Gasteiger partial charge >= 0.3 is 0 Å². The van der Waals surface area contributed by atoms with Gasteiger partial charge in [-0.15, -0.1) is 0 Å². The first-order valence-electron chi connectivity index (χ1n) is 6.07.